The van der Waals surface area contributed by atoms with Gasteiger partial charge < -0.3 is 5.32 Å². The van der Waals surface area contributed by atoms with Crippen molar-refractivity contribution in [3.05, 3.63) is 106 Å². The predicted molar refractivity (Wildman–Crippen MR) is 168 cm³/mol. The molecule has 0 radical (unpaired) electrons. The lowest BCUT2D eigenvalue weighted by Crippen LogP contribution is -2.44. The van der Waals surface area contributed by atoms with Gasteiger partial charge in [0, 0.05) is 44.3 Å². The maximum Gasteiger partial charge on any atom is 0.220 e. The highest BCUT2D eigenvalue weighted by Gasteiger charge is 2.21. The molecule has 0 atom stereocenters. The summed E-state index contributed by atoms with van der Waals surface area (Å²) in [6.45, 7) is 3.01. The smallest absolute Gasteiger partial charge is 0.220 e. The van der Waals surface area contributed by atoms with Crippen LogP contribution < -0.4 is 5.32 Å². The first kappa shape index (κ1) is 29.6. The van der Waals surface area contributed by atoms with Gasteiger partial charge in [-0.3, -0.25) is 14.3 Å². The van der Waals surface area contributed by atoms with Gasteiger partial charge >= 0.3 is 0 Å². The topological polar surface area (TPSA) is 63.1 Å². The van der Waals surface area contributed by atoms with Crippen molar-refractivity contribution >= 4 is 40.9 Å². The molecule has 5 rings (SSSR count). The van der Waals surface area contributed by atoms with Crippen molar-refractivity contribution in [3.8, 4) is 5.69 Å². The highest BCUT2D eigenvalue weighted by Crippen LogP contribution is 2.29. The Balaban J connectivity index is 1.08. The third-order valence-electron chi connectivity index (χ3n) is 7.30. The lowest BCUT2D eigenvalue weighted by molar-refractivity contribution is -0.122. The van der Waals surface area contributed by atoms with Crippen molar-refractivity contribution in [3.63, 3.8) is 0 Å². The van der Waals surface area contributed by atoms with Crippen molar-refractivity contribution < 1.29 is 4.79 Å². The average Bonchev–Trinajstić information content (AvgIpc) is 3.38. The number of rotatable bonds is 12. The Morgan fingerprint density at radius 1 is 0.878 bits per heavy atom. The fraction of sp³-hybridized carbons (Fsp3) is 0.344. The molecule has 3 aromatic carbocycles. The Labute approximate surface area is 256 Å². The maximum atomic E-state index is 12.6. The van der Waals surface area contributed by atoms with Crippen LogP contribution >= 0.6 is 35.0 Å². The predicted octanol–water partition coefficient (Wildman–Crippen LogP) is 7.21. The summed E-state index contributed by atoms with van der Waals surface area (Å²) in [5, 5.41) is 14.1. The van der Waals surface area contributed by atoms with Crippen molar-refractivity contribution in [1.82, 2.24) is 25.0 Å². The van der Waals surface area contributed by atoms with Gasteiger partial charge in [0.05, 0.1) is 15.7 Å². The van der Waals surface area contributed by atoms with Crippen LogP contribution in [-0.2, 0) is 17.8 Å². The summed E-state index contributed by atoms with van der Waals surface area (Å²) in [6.07, 6.45) is 4.96. The number of aromatic nitrogens is 3. The number of carbonyl (C=O) groups is 1. The number of nitrogens with zero attached hydrogens (tertiary/aromatic N) is 4. The Morgan fingerprint density at radius 2 is 1.59 bits per heavy atom. The summed E-state index contributed by atoms with van der Waals surface area (Å²) in [6, 6.07) is 26.7. The number of hydrogen-bond donors (Lipinski definition) is 1. The molecule has 1 aliphatic rings. The fourth-order valence-corrected chi connectivity index (χ4v) is 6.36. The molecule has 1 saturated heterocycles. The Morgan fingerprint density at radius 3 is 2.29 bits per heavy atom. The molecule has 1 aliphatic heterocycles. The summed E-state index contributed by atoms with van der Waals surface area (Å²) >= 11 is 14.2. The number of likely N-dealkylation sites (tertiary alicyclic amines) is 1. The van der Waals surface area contributed by atoms with E-state index in [2.05, 4.69) is 67.4 Å². The van der Waals surface area contributed by atoms with Gasteiger partial charge in [0.1, 0.15) is 5.82 Å². The normalized spacial score (nSPS) is 14.3. The molecule has 9 heteroatoms. The van der Waals surface area contributed by atoms with E-state index in [1.165, 1.54) is 5.56 Å². The molecule has 0 bridgehead atoms. The largest absolute Gasteiger partial charge is 0.353 e. The first-order chi connectivity index (χ1) is 20.0. The van der Waals surface area contributed by atoms with E-state index in [1.54, 1.807) is 17.8 Å². The summed E-state index contributed by atoms with van der Waals surface area (Å²) in [5.41, 5.74) is 3.38. The second kappa shape index (κ2) is 14.9. The standard InChI is InChI=1S/C32H35Cl2N5OS/c33-28-15-14-27(22-29(28)34)39-30(21-24-9-3-1-4-10-24)36-37-32(39)41-20-8-7-13-31(40)35-26-16-18-38(19-17-26)23-25-11-5-2-6-12-25/h1-6,9-12,14-15,22,26H,7-8,13,16-21,23H2,(H,35,40). The number of hydrogen-bond acceptors (Lipinski definition) is 5. The summed E-state index contributed by atoms with van der Waals surface area (Å²) < 4.78 is 2.05. The third kappa shape index (κ3) is 8.58. The third-order valence-corrected chi connectivity index (χ3v) is 9.05. The molecular formula is C32H35Cl2N5OS. The molecule has 0 aliphatic carbocycles. The van der Waals surface area contributed by atoms with Crippen LogP contribution in [0.25, 0.3) is 5.69 Å². The Bertz CT molecular complexity index is 1410. The van der Waals surface area contributed by atoms with Crippen LogP contribution in [0.3, 0.4) is 0 Å². The summed E-state index contributed by atoms with van der Waals surface area (Å²) in [5.74, 6) is 1.84. The van der Waals surface area contributed by atoms with Crippen molar-refractivity contribution in [1.29, 1.82) is 0 Å². The minimum atomic E-state index is 0.153. The molecule has 214 valence electrons. The van der Waals surface area contributed by atoms with Crippen LogP contribution in [0.4, 0.5) is 0 Å². The van der Waals surface area contributed by atoms with Crippen molar-refractivity contribution in [2.45, 2.75) is 56.3 Å². The van der Waals surface area contributed by atoms with E-state index in [4.69, 9.17) is 23.2 Å². The zero-order chi connectivity index (χ0) is 28.4. The molecule has 0 spiro atoms. The minimum absolute atomic E-state index is 0.153. The second-order valence-corrected chi connectivity index (χ2v) is 12.3. The van der Waals surface area contributed by atoms with E-state index in [0.717, 1.165) is 73.3 Å². The molecule has 1 amide bonds. The van der Waals surface area contributed by atoms with Gasteiger partial charge in [-0.1, -0.05) is 95.6 Å². The summed E-state index contributed by atoms with van der Waals surface area (Å²) in [7, 11) is 0. The first-order valence-electron chi connectivity index (χ1n) is 14.2. The molecule has 1 aromatic heterocycles. The van der Waals surface area contributed by atoms with Gasteiger partial charge in [0.2, 0.25) is 5.91 Å². The summed E-state index contributed by atoms with van der Waals surface area (Å²) in [4.78, 5) is 15.1. The number of benzene rings is 3. The molecule has 41 heavy (non-hydrogen) atoms. The lowest BCUT2D eigenvalue weighted by Gasteiger charge is -2.32. The number of thioether (sulfide) groups is 1. The monoisotopic (exact) mass is 607 g/mol. The molecule has 4 aromatic rings. The highest BCUT2D eigenvalue weighted by atomic mass is 35.5. The quantitative estimate of drug-likeness (QED) is 0.136. The van der Waals surface area contributed by atoms with E-state index in [0.29, 0.717) is 22.9 Å². The van der Waals surface area contributed by atoms with Crippen LogP contribution in [0.15, 0.2) is 84.0 Å². The van der Waals surface area contributed by atoms with Crippen molar-refractivity contribution in [2.75, 3.05) is 18.8 Å². The van der Waals surface area contributed by atoms with Gasteiger partial charge in [-0.25, -0.2) is 0 Å². The van der Waals surface area contributed by atoms with Gasteiger partial charge in [-0.2, -0.15) is 0 Å². The van der Waals surface area contributed by atoms with Crippen LogP contribution in [0.1, 0.15) is 49.1 Å². The van der Waals surface area contributed by atoms with Crippen LogP contribution in [0.5, 0.6) is 0 Å². The molecule has 2 heterocycles. The van der Waals surface area contributed by atoms with Gasteiger partial charge in [0.15, 0.2) is 5.16 Å². The zero-order valence-corrected chi connectivity index (χ0v) is 25.3. The molecular weight excluding hydrogens is 573 g/mol. The zero-order valence-electron chi connectivity index (χ0n) is 23.0. The number of amides is 1. The van der Waals surface area contributed by atoms with Gasteiger partial charge in [-0.05, 0) is 55.0 Å². The SMILES string of the molecule is O=C(CCCCSc1nnc(Cc2ccccc2)n1-c1ccc(Cl)c(Cl)c1)NC1CCN(Cc2ccccc2)CC1. The van der Waals surface area contributed by atoms with Crippen LogP contribution in [0, 0.1) is 0 Å². The molecule has 0 saturated carbocycles. The number of piperidine rings is 1. The van der Waals surface area contributed by atoms with Gasteiger partial charge in [0.25, 0.3) is 0 Å². The fourth-order valence-electron chi connectivity index (χ4n) is 5.10. The molecule has 6 nitrogen and oxygen atoms in total. The van der Waals surface area contributed by atoms with E-state index in [1.807, 2.05) is 30.3 Å². The molecule has 1 N–H and O–H groups in total. The maximum absolute atomic E-state index is 12.6. The van der Waals surface area contributed by atoms with Crippen LogP contribution in [-0.4, -0.2) is 50.5 Å². The van der Waals surface area contributed by atoms with E-state index < -0.39 is 0 Å². The lowest BCUT2D eigenvalue weighted by atomic mass is 10.0. The minimum Gasteiger partial charge on any atom is -0.353 e. The van der Waals surface area contributed by atoms with E-state index in [9.17, 15) is 4.79 Å². The Hall–Kier alpha value is -2.84. The number of nitrogens with one attached hydrogen (secondary N) is 1. The molecule has 1 fully saturated rings. The van der Waals surface area contributed by atoms with Crippen LogP contribution in [0.2, 0.25) is 10.0 Å². The van der Waals surface area contributed by atoms with E-state index >= 15 is 0 Å². The number of unbranched alkanes of at least 4 members (excludes halogenated alkanes) is 1. The van der Waals surface area contributed by atoms with Crippen molar-refractivity contribution in [2.24, 2.45) is 0 Å². The van der Waals surface area contributed by atoms with E-state index in [-0.39, 0.29) is 11.9 Å². The Kier molecular flexibility index (Phi) is 10.8. The highest BCUT2D eigenvalue weighted by molar-refractivity contribution is 7.99. The van der Waals surface area contributed by atoms with Gasteiger partial charge in [-0.15, -0.1) is 10.2 Å². The number of carbonyl (C=O) groups excluding carboxylic acids is 1. The second-order valence-electron chi connectivity index (χ2n) is 10.4. The first-order valence-corrected chi connectivity index (χ1v) is 15.9. The average molecular weight is 609 g/mol. The number of halogens is 2. The molecule has 0 unspecified atom stereocenters.